The van der Waals surface area contributed by atoms with Crippen molar-refractivity contribution in [1.82, 2.24) is 9.97 Å². The number of rotatable bonds is 5. The molecule has 0 fully saturated rings. The molecule has 1 heterocycles. The van der Waals surface area contributed by atoms with Crippen LogP contribution in [0.1, 0.15) is 13.3 Å². The minimum atomic E-state index is -0.427. The normalized spacial score (nSPS) is 10.2. The zero-order valence-corrected chi connectivity index (χ0v) is 10.5. The van der Waals surface area contributed by atoms with Crippen molar-refractivity contribution in [2.75, 3.05) is 11.9 Å². The second-order valence-corrected chi connectivity index (χ2v) is 4.00. The maximum absolute atomic E-state index is 10.6. The van der Waals surface area contributed by atoms with Crippen molar-refractivity contribution in [3.8, 4) is 11.4 Å². The summed E-state index contributed by atoms with van der Waals surface area (Å²) in [6.45, 7) is 2.92. The Labute approximate surface area is 110 Å². The van der Waals surface area contributed by atoms with Crippen LogP contribution in [0.2, 0.25) is 0 Å². The van der Waals surface area contributed by atoms with Gasteiger partial charge in [-0.05, 0) is 24.6 Å². The lowest BCUT2D eigenvalue weighted by Crippen LogP contribution is -2.03. The third-order valence-electron chi connectivity index (χ3n) is 2.55. The lowest BCUT2D eigenvalue weighted by atomic mass is 10.2. The van der Waals surface area contributed by atoms with E-state index in [0.717, 1.165) is 24.3 Å². The fourth-order valence-electron chi connectivity index (χ4n) is 1.58. The van der Waals surface area contributed by atoms with E-state index < -0.39 is 4.92 Å². The van der Waals surface area contributed by atoms with Gasteiger partial charge < -0.3 is 5.32 Å². The molecule has 2 rings (SSSR count). The van der Waals surface area contributed by atoms with Gasteiger partial charge in [0.05, 0.1) is 4.92 Å². The van der Waals surface area contributed by atoms with E-state index in [1.54, 1.807) is 24.4 Å². The molecule has 0 radical (unpaired) electrons. The van der Waals surface area contributed by atoms with Crippen LogP contribution in [-0.4, -0.2) is 21.4 Å². The summed E-state index contributed by atoms with van der Waals surface area (Å²) in [5.74, 6) is 1.31. The zero-order chi connectivity index (χ0) is 13.7. The number of aromatic nitrogens is 2. The highest BCUT2D eigenvalue weighted by atomic mass is 16.6. The van der Waals surface area contributed by atoms with Crippen LogP contribution in [0.5, 0.6) is 0 Å². The lowest BCUT2D eigenvalue weighted by molar-refractivity contribution is -0.384. The van der Waals surface area contributed by atoms with Gasteiger partial charge in [0, 0.05) is 30.4 Å². The summed E-state index contributed by atoms with van der Waals surface area (Å²) in [6, 6.07) is 7.99. The number of non-ortho nitro benzene ring substituents is 1. The molecule has 0 bridgehead atoms. The van der Waals surface area contributed by atoms with Crippen molar-refractivity contribution in [3.05, 3.63) is 46.6 Å². The molecule has 0 saturated heterocycles. The Morgan fingerprint density at radius 1 is 1.26 bits per heavy atom. The molecular formula is C13H14N4O2. The maximum Gasteiger partial charge on any atom is 0.269 e. The largest absolute Gasteiger partial charge is 0.370 e. The zero-order valence-electron chi connectivity index (χ0n) is 10.5. The van der Waals surface area contributed by atoms with Gasteiger partial charge in [-0.15, -0.1) is 0 Å². The van der Waals surface area contributed by atoms with E-state index in [1.165, 1.54) is 12.1 Å². The van der Waals surface area contributed by atoms with Gasteiger partial charge in [0.2, 0.25) is 0 Å². The Morgan fingerprint density at radius 3 is 2.63 bits per heavy atom. The van der Waals surface area contributed by atoms with Gasteiger partial charge in [-0.3, -0.25) is 10.1 Å². The number of benzene rings is 1. The first-order chi connectivity index (χ1) is 9.20. The molecule has 1 aromatic heterocycles. The standard InChI is InChI=1S/C13H14N4O2/c1-2-8-14-12-7-9-15-13(16-12)10-3-5-11(6-4-10)17(18)19/h3-7,9H,2,8H2,1H3,(H,14,15,16). The number of nitrogens with zero attached hydrogens (tertiary/aromatic N) is 3. The SMILES string of the molecule is CCCNc1ccnc(-c2ccc([N+](=O)[O-])cc2)n1. The number of anilines is 1. The van der Waals surface area contributed by atoms with Crippen LogP contribution in [-0.2, 0) is 0 Å². The summed E-state index contributed by atoms with van der Waals surface area (Å²) in [6.07, 6.45) is 2.68. The number of hydrogen-bond acceptors (Lipinski definition) is 5. The summed E-state index contributed by atoms with van der Waals surface area (Å²) in [4.78, 5) is 18.7. The van der Waals surface area contributed by atoms with Crippen LogP contribution in [0.15, 0.2) is 36.5 Å². The van der Waals surface area contributed by atoms with Gasteiger partial charge in [-0.25, -0.2) is 9.97 Å². The minimum absolute atomic E-state index is 0.0593. The average Bonchev–Trinajstić information content (AvgIpc) is 2.45. The van der Waals surface area contributed by atoms with E-state index in [2.05, 4.69) is 22.2 Å². The van der Waals surface area contributed by atoms with Crippen LogP contribution in [0, 0.1) is 10.1 Å². The summed E-state index contributed by atoms with van der Waals surface area (Å²) in [5, 5.41) is 13.8. The predicted octanol–water partition coefficient (Wildman–Crippen LogP) is 2.87. The lowest BCUT2D eigenvalue weighted by Gasteiger charge is -2.05. The van der Waals surface area contributed by atoms with Crippen molar-refractivity contribution in [1.29, 1.82) is 0 Å². The molecule has 1 N–H and O–H groups in total. The highest BCUT2D eigenvalue weighted by Gasteiger charge is 2.07. The van der Waals surface area contributed by atoms with Crippen molar-refractivity contribution >= 4 is 11.5 Å². The topological polar surface area (TPSA) is 81.0 Å². The quantitative estimate of drug-likeness (QED) is 0.658. The molecule has 0 aliphatic carbocycles. The molecule has 0 aliphatic heterocycles. The van der Waals surface area contributed by atoms with Crippen LogP contribution in [0.25, 0.3) is 11.4 Å². The van der Waals surface area contributed by atoms with Gasteiger partial charge in [-0.1, -0.05) is 6.92 Å². The summed E-state index contributed by atoms with van der Waals surface area (Å²) in [7, 11) is 0. The molecule has 0 amide bonds. The van der Waals surface area contributed by atoms with Crippen LogP contribution in [0.3, 0.4) is 0 Å². The van der Waals surface area contributed by atoms with Gasteiger partial charge >= 0.3 is 0 Å². The first-order valence-electron chi connectivity index (χ1n) is 6.02. The molecule has 6 nitrogen and oxygen atoms in total. The summed E-state index contributed by atoms with van der Waals surface area (Å²) < 4.78 is 0. The number of nitro groups is 1. The molecule has 2 aromatic rings. The molecule has 0 unspecified atom stereocenters. The Balaban J connectivity index is 2.23. The molecular weight excluding hydrogens is 244 g/mol. The molecule has 19 heavy (non-hydrogen) atoms. The van der Waals surface area contributed by atoms with E-state index in [4.69, 9.17) is 0 Å². The second-order valence-electron chi connectivity index (χ2n) is 4.00. The summed E-state index contributed by atoms with van der Waals surface area (Å²) in [5.41, 5.74) is 0.815. The summed E-state index contributed by atoms with van der Waals surface area (Å²) >= 11 is 0. The highest BCUT2D eigenvalue weighted by Crippen LogP contribution is 2.20. The third-order valence-corrected chi connectivity index (χ3v) is 2.55. The van der Waals surface area contributed by atoms with E-state index in [1.807, 2.05) is 0 Å². The number of nitro benzene ring substituents is 1. The van der Waals surface area contributed by atoms with Gasteiger partial charge in [0.15, 0.2) is 5.82 Å². The van der Waals surface area contributed by atoms with Crippen LogP contribution < -0.4 is 5.32 Å². The van der Waals surface area contributed by atoms with Gasteiger partial charge in [0.25, 0.3) is 5.69 Å². The highest BCUT2D eigenvalue weighted by molar-refractivity contribution is 5.58. The van der Waals surface area contributed by atoms with Gasteiger partial charge in [-0.2, -0.15) is 0 Å². The fourth-order valence-corrected chi connectivity index (χ4v) is 1.58. The fraction of sp³-hybridized carbons (Fsp3) is 0.231. The molecule has 0 aliphatic rings. The Morgan fingerprint density at radius 2 is 2.00 bits per heavy atom. The second kappa shape index (κ2) is 5.90. The van der Waals surface area contributed by atoms with Crippen molar-refractivity contribution in [2.24, 2.45) is 0 Å². The molecule has 1 aromatic carbocycles. The Bertz CT molecular complexity index is 569. The smallest absolute Gasteiger partial charge is 0.269 e. The van der Waals surface area contributed by atoms with Crippen molar-refractivity contribution in [3.63, 3.8) is 0 Å². The van der Waals surface area contributed by atoms with Crippen LogP contribution in [0.4, 0.5) is 11.5 Å². The first kappa shape index (κ1) is 12.9. The molecule has 0 atom stereocenters. The molecule has 6 heteroatoms. The van der Waals surface area contributed by atoms with E-state index >= 15 is 0 Å². The Kier molecular flexibility index (Phi) is 4.02. The van der Waals surface area contributed by atoms with Crippen LogP contribution >= 0.6 is 0 Å². The average molecular weight is 258 g/mol. The third kappa shape index (κ3) is 3.25. The molecule has 0 spiro atoms. The number of hydrogen-bond donors (Lipinski definition) is 1. The van der Waals surface area contributed by atoms with E-state index in [0.29, 0.717) is 5.82 Å². The maximum atomic E-state index is 10.6. The predicted molar refractivity (Wildman–Crippen MR) is 72.9 cm³/mol. The van der Waals surface area contributed by atoms with E-state index in [9.17, 15) is 10.1 Å². The van der Waals surface area contributed by atoms with Gasteiger partial charge in [0.1, 0.15) is 5.82 Å². The Hall–Kier alpha value is -2.50. The minimum Gasteiger partial charge on any atom is -0.370 e. The number of nitrogens with one attached hydrogen (secondary N) is 1. The first-order valence-corrected chi connectivity index (χ1v) is 6.02. The van der Waals surface area contributed by atoms with E-state index in [-0.39, 0.29) is 5.69 Å². The van der Waals surface area contributed by atoms with Crippen molar-refractivity contribution in [2.45, 2.75) is 13.3 Å². The van der Waals surface area contributed by atoms with Crippen molar-refractivity contribution < 1.29 is 4.92 Å². The molecule has 0 saturated carbocycles. The molecule has 98 valence electrons. The monoisotopic (exact) mass is 258 g/mol.